The highest BCUT2D eigenvalue weighted by atomic mass is 35.5. The van der Waals surface area contributed by atoms with Gasteiger partial charge >= 0.3 is 5.97 Å². The molecule has 0 unspecified atom stereocenters. The molecule has 30 heteroatoms. The fourth-order valence-corrected chi connectivity index (χ4v) is 10.9. The average molecular weight is 1470 g/mol. The lowest BCUT2D eigenvalue weighted by atomic mass is 9.89. The van der Waals surface area contributed by atoms with Crippen LogP contribution in [0, 0.1) is 11.8 Å². The average Bonchev–Trinajstić information content (AvgIpc) is 0.872. The largest absolute Gasteiger partial charge is 0.505 e. The van der Waals surface area contributed by atoms with Gasteiger partial charge in [-0.1, -0.05) is 183 Å². The van der Waals surface area contributed by atoms with Crippen LogP contribution in [0.15, 0.2) is 82.4 Å². The van der Waals surface area contributed by atoms with Gasteiger partial charge in [0, 0.05) is 29.1 Å². The van der Waals surface area contributed by atoms with Gasteiger partial charge in [0.05, 0.1) is 48.2 Å². The number of phenols is 1. The Hall–Kier alpha value is -5.55. The molecular formula is C61H68Cl11N11O8. The number of carbonyl (C=O) groups is 4. The van der Waals surface area contributed by atoms with Crippen LogP contribution in [0.2, 0.25) is 55.9 Å². The molecule has 2 aliphatic rings. The normalized spacial score (nSPS) is 12.6. The van der Waals surface area contributed by atoms with Crippen LogP contribution in [0.4, 0.5) is 17.1 Å². The van der Waals surface area contributed by atoms with Gasteiger partial charge < -0.3 is 31.2 Å². The van der Waals surface area contributed by atoms with Gasteiger partial charge in [-0.25, -0.2) is 4.99 Å². The minimum atomic E-state index is -0.671. The summed E-state index contributed by atoms with van der Waals surface area (Å²) in [6.07, 6.45) is 8.51. The number of phenolic OH excluding ortho intramolecular Hbond substituents is 1. The summed E-state index contributed by atoms with van der Waals surface area (Å²) in [4.78, 5) is 50.4. The monoisotopic (exact) mass is 1470 g/mol. The highest BCUT2D eigenvalue weighted by molar-refractivity contribution is 6.45. The van der Waals surface area contributed by atoms with Crippen LogP contribution in [0.3, 0.4) is 0 Å². The molecule has 0 saturated heterocycles. The topological polar surface area (TPSA) is 285 Å². The van der Waals surface area contributed by atoms with Crippen molar-refractivity contribution in [3.05, 3.63) is 139 Å². The number of aromatic nitrogens is 6. The number of carboxylic acids is 1. The molecule has 2 aliphatic heterocycles. The molecule has 0 saturated carbocycles. The van der Waals surface area contributed by atoms with Crippen molar-refractivity contribution in [1.29, 1.82) is 0 Å². The van der Waals surface area contributed by atoms with Gasteiger partial charge in [-0.3, -0.25) is 19.2 Å². The van der Waals surface area contributed by atoms with E-state index < -0.39 is 11.9 Å². The number of ether oxygens (including phenoxy) is 2. The molecule has 0 aliphatic carbocycles. The maximum atomic E-state index is 12.2. The van der Waals surface area contributed by atoms with E-state index in [-0.39, 0.29) is 79.6 Å². The smallest absolute Gasteiger partial charge is 0.306 e. The maximum Gasteiger partial charge on any atom is 0.306 e. The molecule has 3 aromatic heterocycles. The van der Waals surface area contributed by atoms with Crippen LogP contribution in [-0.2, 0) is 19.2 Å². The Balaban J connectivity index is 0.000000309. The number of aliphatic imine (C=N–C) groups is 1. The van der Waals surface area contributed by atoms with E-state index in [1.165, 1.54) is 31.2 Å². The van der Waals surface area contributed by atoms with Crippen LogP contribution < -0.4 is 25.9 Å². The Labute approximate surface area is 584 Å². The number of benzene rings is 3. The predicted molar refractivity (Wildman–Crippen MR) is 370 cm³/mol. The summed E-state index contributed by atoms with van der Waals surface area (Å²) >= 11 is 64.5. The van der Waals surface area contributed by atoms with Crippen molar-refractivity contribution in [3.8, 4) is 23.1 Å². The van der Waals surface area contributed by atoms with E-state index >= 15 is 0 Å². The van der Waals surface area contributed by atoms with Gasteiger partial charge in [-0.2, -0.15) is 10.1 Å². The fraction of sp³-hybridized carbons (Fsp3) is 0.377. The predicted octanol–water partition coefficient (Wildman–Crippen LogP) is 19.4. The van der Waals surface area contributed by atoms with Gasteiger partial charge in [0.2, 0.25) is 11.8 Å². The van der Waals surface area contributed by atoms with E-state index in [1.807, 2.05) is 27.7 Å². The van der Waals surface area contributed by atoms with E-state index in [2.05, 4.69) is 68.4 Å². The van der Waals surface area contributed by atoms with E-state index in [0.717, 1.165) is 67.5 Å². The summed E-state index contributed by atoms with van der Waals surface area (Å²) in [5.41, 5.74) is 15.1. The van der Waals surface area contributed by atoms with Crippen LogP contribution in [-0.4, -0.2) is 82.4 Å². The van der Waals surface area contributed by atoms with Crippen LogP contribution in [0.1, 0.15) is 143 Å². The Morgan fingerprint density at radius 3 is 1.42 bits per heavy atom. The first-order chi connectivity index (χ1) is 43.0. The Kier molecular flexibility index (Phi) is 34.9. The lowest BCUT2D eigenvalue weighted by Gasteiger charge is -2.23. The number of carbonyl (C=O) groups excluding carboxylic acids is 3. The summed E-state index contributed by atoms with van der Waals surface area (Å²) in [7, 11) is 0. The van der Waals surface area contributed by atoms with Crippen LogP contribution >= 0.6 is 128 Å². The fourth-order valence-electron chi connectivity index (χ4n) is 8.43. The number of ketones is 2. The SMILES string of the molecule is CCC(CC)C(=O)O.CCC(CC)C1=CC(Oc2c(Cl)cc(N3N=C(C)C(=O)CC3=O)cc2Cl)=NCC1=O.CCC(CC)c1cc(Cl)nnc1Cl.CCC(CC)c1cc(Oc2c(Cl)cc(N)cc2Cl)nnc1Cl.Clc1ccc(Cl)nn1.Nc1cc(Cl)c(O)c(Cl)c1. The third-order valence-electron chi connectivity index (χ3n) is 13.6. The number of hydrogen-bond acceptors (Lipinski definition) is 17. The van der Waals surface area contributed by atoms with Gasteiger partial charge in [0.25, 0.3) is 5.91 Å². The number of hydrogen-bond donors (Lipinski definition) is 4. The zero-order valence-corrected chi connectivity index (χ0v) is 59.2. The summed E-state index contributed by atoms with van der Waals surface area (Å²) in [5, 5.41) is 48.0. The number of aliphatic carboxylic acids is 1. The number of aromatic hydroxyl groups is 1. The number of nitrogens with two attached hydrogens (primary N) is 2. The molecule has 0 atom stereocenters. The molecule has 3 aromatic carbocycles. The van der Waals surface area contributed by atoms with Gasteiger partial charge in [0.1, 0.15) is 12.3 Å². The van der Waals surface area contributed by atoms with Crippen LogP contribution in [0.5, 0.6) is 23.1 Å². The number of nitrogens with zero attached hydrogens (tertiary/aromatic N) is 9. The zero-order valence-electron chi connectivity index (χ0n) is 50.9. The van der Waals surface area contributed by atoms with E-state index in [9.17, 15) is 19.2 Å². The van der Waals surface area contributed by atoms with Crippen molar-refractivity contribution in [3.63, 3.8) is 0 Å². The molecule has 0 spiro atoms. The summed E-state index contributed by atoms with van der Waals surface area (Å²) in [6.45, 7) is 17.8. The quantitative estimate of drug-likeness (QED) is 0.0398. The number of nitrogen functional groups attached to an aromatic ring is 2. The van der Waals surface area contributed by atoms with Crippen molar-refractivity contribution in [2.24, 2.45) is 21.9 Å². The van der Waals surface area contributed by atoms with Crippen LogP contribution in [0.25, 0.3) is 0 Å². The molecular weight excluding hydrogens is 1400 g/mol. The Morgan fingerprint density at radius 1 is 0.549 bits per heavy atom. The second-order valence-corrected chi connectivity index (χ2v) is 24.0. The van der Waals surface area contributed by atoms with E-state index in [4.69, 9.17) is 159 Å². The number of anilines is 3. The first-order valence-corrected chi connectivity index (χ1v) is 32.5. The van der Waals surface area contributed by atoms with E-state index in [1.54, 1.807) is 42.5 Å². The van der Waals surface area contributed by atoms with Crippen molar-refractivity contribution in [1.82, 2.24) is 30.6 Å². The Bertz CT molecular complexity index is 3460. The third kappa shape index (κ3) is 25.0. The van der Waals surface area contributed by atoms with Gasteiger partial charge in [0.15, 0.2) is 54.6 Å². The second kappa shape index (κ2) is 39.9. The first kappa shape index (κ1) is 79.7. The van der Waals surface area contributed by atoms with Crippen molar-refractivity contribution in [2.45, 2.75) is 132 Å². The molecule has 6 N–H and O–H groups in total. The van der Waals surface area contributed by atoms with E-state index in [0.29, 0.717) is 81.9 Å². The zero-order chi connectivity index (χ0) is 68.4. The molecule has 8 rings (SSSR count). The molecule has 6 aromatic rings. The first-order valence-electron chi connectivity index (χ1n) is 28.3. The summed E-state index contributed by atoms with van der Waals surface area (Å²) < 4.78 is 11.5. The number of hydrazone groups is 1. The number of Topliss-reactive ketones (excluding diaryl/α,β-unsaturated/α-hetero) is 2. The lowest BCUT2D eigenvalue weighted by Crippen LogP contribution is -2.36. The number of rotatable bonds is 16. The molecule has 19 nitrogen and oxygen atoms in total. The lowest BCUT2D eigenvalue weighted by molar-refractivity contribution is -0.142. The number of dihydropyridines is 1. The number of amides is 1. The molecule has 91 heavy (non-hydrogen) atoms. The molecule has 1 amide bonds. The summed E-state index contributed by atoms with van der Waals surface area (Å²) in [5.74, 6) is 0.120. The molecule has 0 radical (unpaired) electrons. The van der Waals surface area contributed by atoms with Gasteiger partial charge in [-0.15, -0.1) is 30.6 Å². The number of carboxylic acid groups (broad SMARTS) is 1. The third-order valence-corrected chi connectivity index (χ3v) is 16.5. The molecule has 492 valence electrons. The highest BCUT2D eigenvalue weighted by Crippen LogP contribution is 2.41. The molecule has 0 bridgehead atoms. The van der Waals surface area contributed by atoms with Crippen molar-refractivity contribution < 1.29 is 38.9 Å². The van der Waals surface area contributed by atoms with Crippen molar-refractivity contribution in [2.75, 3.05) is 23.0 Å². The molecule has 0 fully saturated rings. The number of halogens is 11. The second-order valence-electron chi connectivity index (χ2n) is 19.7. The maximum absolute atomic E-state index is 12.2. The summed E-state index contributed by atoms with van der Waals surface area (Å²) in [6, 6.07) is 15.7. The Morgan fingerprint density at radius 2 is 0.978 bits per heavy atom. The molecule has 5 heterocycles. The van der Waals surface area contributed by atoms with Crippen molar-refractivity contribution >= 4 is 180 Å². The minimum absolute atomic E-state index is 0.00921. The minimum Gasteiger partial charge on any atom is -0.505 e. The standard InChI is InChI=1S/C21H21Cl2N3O4.C15H16Cl3N3O.C9H12Cl2N2.C6H5Cl2NO.C6H12O2.C4H2Cl2N2/c1-4-12(5-2)14-8-19(24-10-18(14)28)30-21-15(22)6-13(7-16(21)23)26-20(29)9-17(27)11(3)25-26;1-3-8(4-2)10-7-13(20-21-15(10)18)22-14-11(16)5-9(19)6-12(14)17;1-3-6(4-2)7-5-8(10)12-13-9(7)11;7-4-1-3(9)2-5(8)6(4)10;1-3-5(4-2)6(7)8;5-3-1-2-4(6)8-7-3/h6-8,12H,4-5,9-10H2,1-3H3;5-8H,3-4,19H2,1-2H3;5-6H,3-4H2,1-2H3;1-2,10H,9H2;5H,3-4H2,1-2H3,(H,7,8);1-2H. The van der Waals surface area contributed by atoms with Gasteiger partial charge in [-0.05, 0) is 142 Å². The highest BCUT2D eigenvalue weighted by Gasteiger charge is 2.29.